The average molecular weight is 251 g/mol. The summed E-state index contributed by atoms with van der Waals surface area (Å²) in [6.45, 7) is 4.50. The summed E-state index contributed by atoms with van der Waals surface area (Å²) in [6, 6.07) is 13.3. The van der Waals surface area contributed by atoms with Gasteiger partial charge in [0.25, 0.3) is 0 Å². The minimum absolute atomic E-state index is 1.16. The van der Waals surface area contributed by atoms with Crippen LogP contribution in [0.25, 0.3) is 21.8 Å². The highest BCUT2D eigenvalue weighted by atomic mass is 14.7. The van der Waals surface area contributed by atoms with Gasteiger partial charge in [0, 0.05) is 21.8 Å². The van der Waals surface area contributed by atoms with E-state index in [0.29, 0.717) is 0 Å². The number of rotatable bonds is 4. The third-order valence-electron chi connectivity index (χ3n) is 3.86. The normalized spacial score (nSPS) is 11.5. The van der Waals surface area contributed by atoms with Gasteiger partial charge in [0.05, 0.1) is 0 Å². The summed E-state index contributed by atoms with van der Waals surface area (Å²) in [7, 11) is 0. The Balaban J connectivity index is 2.37. The van der Waals surface area contributed by atoms with Crippen LogP contribution in [0.5, 0.6) is 0 Å². The number of aromatic amines is 1. The van der Waals surface area contributed by atoms with Crippen LogP contribution in [0.4, 0.5) is 0 Å². The van der Waals surface area contributed by atoms with Crippen molar-refractivity contribution in [1.29, 1.82) is 0 Å². The van der Waals surface area contributed by atoms with Gasteiger partial charge in [-0.3, -0.25) is 0 Å². The van der Waals surface area contributed by atoms with Gasteiger partial charge in [-0.1, -0.05) is 51.0 Å². The van der Waals surface area contributed by atoms with E-state index >= 15 is 0 Å². The predicted octanol–water partition coefficient (Wildman–Crippen LogP) is 5.23. The number of H-pyrrole nitrogens is 1. The fourth-order valence-electron chi connectivity index (χ4n) is 3.10. The van der Waals surface area contributed by atoms with Gasteiger partial charge in [0.1, 0.15) is 0 Å². The molecule has 2 aromatic carbocycles. The van der Waals surface area contributed by atoms with Crippen LogP contribution in [0.2, 0.25) is 0 Å². The van der Waals surface area contributed by atoms with Crippen molar-refractivity contribution >= 4 is 21.8 Å². The van der Waals surface area contributed by atoms with Crippen LogP contribution in [-0.4, -0.2) is 4.98 Å². The van der Waals surface area contributed by atoms with Crippen LogP contribution in [0.1, 0.15) is 37.8 Å². The van der Waals surface area contributed by atoms with E-state index in [2.05, 4.69) is 55.2 Å². The van der Waals surface area contributed by atoms with E-state index in [1.165, 1.54) is 45.8 Å². The van der Waals surface area contributed by atoms with Gasteiger partial charge >= 0.3 is 0 Å². The molecular weight excluding hydrogens is 230 g/mol. The zero-order chi connectivity index (χ0) is 13.2. The summed E-state index contributed by atoms with van der Waals surface area (Å²) in [6.07, 6.45) is 4.71. The van der Waals surface area contributed by atoms with E-state index in [9.17, 15) is 0 Å². The third-order valence-corrected chi connectivity index (χ3v) is 3.86. The van der Waals surface area contributed by atoms with Crippen LogP contribution >= 0.6 is 0 Å². The van der Waals surface area contributed by atoms with Crippen LogP contribution < -0.4 is 0 Å². The molecule has 0 amide bonds. The summed E-state index contributed by atoms with van der Waals surface area (Å²) in [4.78, 5) is 3.58. The van der Waals surface area contributed by atoms with Crippen LogP contribution in [0.15, 0.2) is 36.4 Å². The molecule has 1 heterocycles. The molecule has 1 N–H and O–H groups in total. The summed E-state index contributed by atoms with van der Waals surface area (Å²) in [5.41, 5.74) is 5.53. The second-order valence-corrected chi connectivity index (χ2v) is 5.30. The molecule has 0 saturated heterocycles. The Morgan fingerprint density at radius 3 is 1.63 bits per heavy atom. The summed E-state index contributed by atoms with van der Waals surface area (Å²) in [5.74, 6) is 0. The number of aromatic nitrogens is 1. The van der Waals surface area contributed by atoms with Crippen LogP contribution in [0.3, 0.4) is 0 Å². The fourth-order valence-corrected chi connectivity index (χ4v) is 3.10. The lowest BCUT2D eigenvalue weighted by Gasteiger charge is -2.05. The number of hydrogen-bond donors (Lipinski definition) is 1. The van der Waals surface area contributed by atoms with Crippen molar-refractivity contribution in [2.45, 2.75) is 39.5 Å². The molecule has 19 heavy (non-hydrogen) atoms. The summed E-state index contributed by atoms with van der Waals surface area (Å²) < 4.78 is 0. The van der Waals surface area contributed by atoms with Gasteiger partial charge in [0.2, 0.25) is 0 Å². The smallest absolute Gasteiger partial charge is 0.0467 e. The molecule has 1 heteroatoms. The largest absolute Gasteiger partial charge is 0.354 e. The van der Waals surface area contributed by atoms with Crippen molar-refractivity contribution in [2.75, 3.05) is 0 Å². The lowest BCUT2D eigenvalue weighted by atomic mass is 9.98. The molecule has 3 aromatic rings. The maximum atomic E-state index is 3.58. The summed E-state index contributed by atoms with van der Waals surface area (Å²) in [5, 5.41) is 2.90. The van der Waals surface area contributed by atoms with Crippen molar-refractivity contribution in [2.24, 2.45) is 0 Å². The van der Waals surface area contributed by atoms with Crippen molar-refractivity contribution in [1.82, 2.24) is 4.98 Å². The van der Waals surface area contributed by atoms with Crippen molar-refractivity contribution in [3.8, 4) is 0 Å². The van der Waals surface area contributed by atoms with Crippen LogP contribution in [0, 0.1) is 0 Å². The number of aryl methyl sites for hydroxylation is 2. The first-order valence-electron chi connectivity index (χ1n) is 7.36. The van der Waals surface area contributed by atoms with Gasteiger partial charge < -0.3 is 4.98 Å². The van der Waals surface area contributed by atoms with Gasteiger partial charge in [-0.15, -0.1) is 0 Å². The fraction of sp³-hybridized carbons (Fsp3) is 0.333. The van der Waals surface area contributed by atoms with E-state index in [1.807, 2.05) is 0 Å². The molecule has 0 spiro atoms. The second kappa shape index (κ2) is 5.08. The van der Waals surface area contributed by atoms with Gasteiger partial charge in [-0.25, -0.2) is 0 Å². The Bertz CT molecular complexity index is 646. The van der Waals surface area contributed by atoms with Gasteiger partial charge in [-0.2, -0.15) is 0 Å². The molecule has 0 aliphatic carbocycles. The Morgan fingerprint density at radius 2 is 1.21 bits per heavy atom. The minimum Gasteiger partial charge on any atom is -0.354 e. The molecule has 1 nitrogen and oxygen atoms in total. The molecule has 0 unspecified atom stereocenters. The lowest BCUT2D eigenvalue weighted by molar-refractivity contribution is 0.926. The predicted molar refractivity (Wildman–Crippen MR) is 83.8 cm³/mol. The number of nitrogens with one attached hydrogen (secondary N) is 1. The lowest BCUT2D eigenvalue weighted by Crippen LogP contribution is -1.87. The monoisotopic (exact) mass is 251 g/mol. The molecule has 1 aromatic heterocycles. The highest BCUT2D eigenvalue weighted by Crippen LogP contribution is 2.32. The first-order chi connectivity index (χ1) is 9.35. The standard InChI is InChI=1S/C18H21N/c1-3-7-13-9-5-11-15-17(13)18-14(8-4-2)10-6-12-16(18)19-15/h5-6,9-12,19H,3-4,7-8H2,1-2H3. The van der Waals surface area contributed by atoms with Crippen LogP contribution in [-0.2, 0) is 12.8 Å². The Kier molecular flexibility index (Phi) is 3.29. The molecule has 98 valence electrons. The first-order valence-corrected chi connectivity index (χ1v) is 7.36. The Hall–Kier alpha value is -1.76. The first kappa shape index (κ1) is 12.3. The molecule has 0 atom stereocenters. The molecule has 0 aliphatic heterocycles. The molecule has 0 saturated carbocycles. The SMILES string of the molecule is CCCc1cccc2[nH]c3cccc(CCC)c3c12. The zero-order valence-electron chi connectivity index (χ0n) is 11.8. The van der Waals surface area contributed by atoms with E-state index in [-0.39, 0.29) is 0 Å². The highest BCUT2D eigenvalue weighted by molar-refractivity contribution is 6.10. The van der Waals surface area contributed by atoms with E-state index in [1.54, 1.807) is 0 Å². The van der Waals surface area contributed by atoms with Gasteiger partial charge in [-0.05, 0) is 36.1 Å². The molecule has 3 rings (SSSR count). The van der Waals surface area contributed by atoms with Crippen molar-refractivity contribution in [3.63, 3.8) is 0 Å². The van der Waals surface area contributed by atoms with Crippen molar-refractivity contribution in [3.05, 3.63) is 47.5 Å². The number of hydrogen-bond acceptors (Lipinski definition) is 0. The average Bonchev–Trinajstić information content (AvgIpc) is 2.80. The molecule has 0 radical (unpaired) electrons. The quantitative estimate of drug-likeness (QED) is 0.653. The third kappa shape index (κ3) is 2.03. The summed E-state index contributed by atoms with van der Waals surface area (Å²) >= 11 is 0. The second-order valence-electron chi connectivity index (χ2n) is 5.30. The topological polar surface area (TPSA) is 15.8 Å². The minimum atomic E-state index is 1.16. The van der Waals surface area contributed by atoms with Gasteiger partial charge in [0.15, 0.2) is 0 Å². The highest BCUT2D eigenvalue weighted by Gasteiger charge is 2.11. The molecule has 0 fully saturated rings. The molecule has 0 bridgehead atoms. The number of fused-ring (bicyclic) bond motifs is 3. The zero-order valence-corrected chi connectivity index (χ0v) is 11.8. The molecular formula is C18H21N. The van der Waals surface area contributed by atoms with Crippen molar-refractivity contribution < 1.29 is 0 Å². The Labute approximate surface area is 114 Å². The maximum absolute atomic E-state index is 3.58. The van der Waals surface area contributed by atoms with E-state index in [4.69, 9.17) is 0 Å². The van der Waals surface area contributed by atoms with E-state index in [0.717, 1.165) is 12.8 Å². The maximum Gasteiger partial charge on any atom is 0.0467 e. The number of benzene rings is 2. The van der Waals surface area contributed by atoms with E-state index < -0.39 is 0 Å². The molecule has 0 aliphatic rings. The Morgan fingerprint density at radius 1 is 0.737 bits per heavy atom.